The SMILES string of the molecule is Cc1nn(C(C)C)c(NC2CCC(C)(C)C2)c1N. The fraction of sp³-hybridized carbons (Fsp3) is 0.786. The summed E-state index contributed by atoms with van der Waals surface area (Å²) in [6.07, 6.45) is 3.70. The summed E-state index contributed by atoms with van der Waals surface area (Å²) in [5.41, 5.74) is 8.31. The Morgan fingerprint density at radius 2 is 2.11 bits per heavy atom. The van der Waals surface area contributed by atoms with Gasteiger partial charge in [-0.05, 0) is 45.4 Å². The van der Waals surface area contributed by atoms with Gasteiger partial charge in [-0.25, -0.2) is 4.68 Å². The first-order valence-corrected chi connectivity index (χ1v) is 6.91. The minimum atomic E-state index is 0.331. The number of nitrogens with zero attached hydrogens (tertiary/aromatic N) is 2. The van der Waals surface area contributed by atoms with Gasteiger partial charge in [0.2, 0.25) is 0 Å². The topological polar surface area (TPSA) is 55.9 Å². The molecule has 1 aliphatic carbocycles. The molecule has 1 unspecified atom stereocenters. The quantitative estimate of drug-likeness (QED) is 0.865. The molecule has 1 aromatic heterocycles. The van der Waals surface area contributed by atoms with E-state index in [1.807, 2.05) is 11.6 Å². The fourth-order valence-electron chi connectivity index (χ4n) is 2.83. The van der Waals surface area contributed by atoms with Gasteiger partial charge in [0.25, 0.3) is 0 Å². The first-order valence-electron chi connectivity index (χ1n) is 6.91. The predicted molar refractivity (Wildman–Crippen MR) is 76.8 cm³/mol. The van der Waals surface area contributed by atoms with Gasteiger partial charge in [0.05, 0.1) is 11.4 Å². The van der Waals surface area contributed by atoms with Crippen LogP contribution in [0, 0.1) is 12.3 Å². The summed E-state index contributed by atoms with van der Waals surface area (Å²) in [6.45, 7) is 10.9. The molecule has 0 amide bonds. The van der Waals surface area contributed by atoms with Crippen molar-refractivity contribution in [3.8, 4) is 0 Å². The molecule has 2 rings (SSSR count). The number of anilines is 2. The van der Waals surface area contributed by atoms with Crippen LogP contribution in [-0.2, 0) is 0 Å². The molecule has 0 radical (unpaired) electrons. The van der Waals surface area contributed by atoms with Crippen molar-refractivity contribution in [3.05, 3.63) is 5.69 Å². The molecule has 1 aliphatic rings. The molecule has 4 nitrogen and oxygen atoms in total. The van der Waals surface area contributed by atoms with Crippen molar-refractivity contribution >= 4 is 11.5 Å². The Balaban J connectivity index is 2.19. The van der Waals surface area contributed by atoms with E-state index in [-0.39, 0.29) is 0 Å². The number of aryl methyl sites for hydroxylation is 1. The van der Waals surface area contributed by atoms with Crippen LogP contribution in [0.5, 0.6) is 0 Å². The van der Waals surface area contributed by atoms with Crippen LogP contribution in [0.4, 0.5) is 11.5 Å². The number of hydrogen-bond acceptors (Lipinski definition) is 3. The smallest absolute Gasteiger partial charge is 0.148 e. The van der Waals surface area contributed by atoms with Crippen LogP contribution in [0.15, 0.2) is 0 Å². The lowest BCUT2D eigenvalue weighted by molar-refractivity contribution is 0.378. The van der Waals surface area contributed by atoms with Gasteiger partial charge in [-0.3, -0.25) is 0 Å². The van der Waals surface area contributed by atoms with Gasteiger partial charge in [0.15, 0.2) is 0 Å². The second kappa shape index (κ2) is 4.48. The predicted octanol–water partition coefficient (Wildman–Crippen LogP) is 3.35. The number of hydrogen-bond donors (Lipinski definition) is 2. The van der Waals surface area contributed by atoms with Gasteiger partial charge in [0, 0.05) is 12.1 Å². The van der Waals surface area contributed by atoms with Crippen LogP contribution in [0.25, 0.3) is 0 Å². The molecule has 1 aromatic rings. The van der Waals surface area contributed by atoms with Crippen molar-refractivity contribution in [2.75, 3.05) is 11.1 Å². The van der Waals surface area contributed by atoms with Crippen molar-refractivity contribution in [2.24, 2.45) is 5.41 Å². The third kappa shape index (κ3) is 2.47. The molecule has 1 fully saturated rings. The number of nitrogen functional groups attached to an aromatic ring is 1. The monoisotopic (exact) mass is 250 g/mol. The largest absolute Gasteiger partial charge is 0.394 e. The summed E-state index contributed by atoms with van der Waals surface area (Å²) in [6, 6.07) is 0.855. The molecule has 0 spiro atoms. The molecule has 1 heterocycles. The summed E-state index contributed by atoms with van der Waals surface area (Å²) in [5.74, 6) is 1.00. The normalized spacial score (nSPS) is 22.7. The third-order valence-corrected chi connectivity index (χ3v) is 3.93. The Bertz CT molecular complexity index is 431. The zero-order valence-corrected chi connectivity index (χ0v) is 12.2. The average molecular weight is 250 g/mol. The van der Waals surface area contributed by atoms with E-state index in [0.717, 1.165) is 17.2 Å². The van der Waals surface area contributed by atoms with E-state index in [4.69, 9.17) is 5.73 Å². The maximum absolute atomic E-state index is 6.14. The maximum Gasteiger partial charge on any atom is 0.148 e. The highest BCUT2D eigenvalue weighted by atomic mass is 15.4. The first-order chi connectivity index (χ1) is 8.30. The Morgan fingerprint density at radius 1 is 1.44 bits per heavy atom. The zero-order chi connectivity index (χ0) is 13.5. The van der Waals surface area contributed by atoms with Crippen LogP contribution in [-0.4, -0.2) is 15.8 Å². The highest BCUT2D eigenvalue weighted by molar-refractivity contribution is 5.65. The van der Waals surface area contributed by atoms with Crippen molar-refractivity contribution in [1.29, 1.82) is 0 Å². The highest BCUT2D eigenvalue weighted by Gasteiger charge is 2.32. The van der Waals surface area contributed by atoms with Gasteiger partial charge >= 0.3 is 0 Å². The summed E-state index contributed by atoms with van der Waals surface area (Å²) in [7, 11) is 0. The van der Waals surface area contributed by atoms with Crippen LogP contribution in [0.1, 0.15) is 58.7 Å². The summed E-state index contributed by atoms with van der Waals surface area (Å²) >= 11 is 0. The number of rotatable bonds is 3. The van der Waals surface area contributed by atoms with Gasteiger partial charge in [-0.2, -0.15) is 5.10 Å². The summed E-state index contributed by atoms with van der Waals surface area (Å²) < 4.78 is 2.01. The molecule has 0 aromatic carbocycles. The van der Waals surface area contributed by atoms with Crippen LogP contribution in [0.2, 0.25) is 0 Å². The Labute approximate surface area is 110 Å². The third-order valence-electron chi connectivity index (χ3n) is 3.93. The van der Waals surface area contributed by atoms with Crippen LogP contribution < -0.4 is 11.1 Å². The lowest BCUT2D eigenvalue weighted by atomic mass is 9.92. The molecular weight excluding hydrogens is 224 g/mol. The molecule has 4 heteroatoms. The second-order valence-corrected chi connectivity index (χ2v) is 6.63. The lowest BCUT2D eigenvalue weighted by Crippen LogP contribution is -2.21. The standard InChI is InChI=1S/C14H26N4/c1-9(2)18-13(12(15)10(3)17-18)16-11-6-7-14(4,5)8-11/h9,11,16H,6-8,15H2,1-5H3. The molecule has 1 saturated carbocycles. The first kappa shape index (κ1) is 13.2. The van der Waals surface area contributed by atoms with Gasteiger partial charge in [-0.1, -0.05) is 13.8 Å². The molecular formula is C14H26N4. The number of nitrogens with one attached hydrogen (secondary N) is 1. The molecule has 0 bridgehead atoms. The van der Waals surface area contributed by atoms with Crippen LogP contribution in [0.3, 0.4) is 0 Å². The molecule has 18 heavy (non-hydrogen) atoms. The van der Waals surface area contributed by atoms with E-state index in [1.54, 1.807) is 0 Å². The van der Waals surface area contributed by atoms with Crippen LogP contribution >= 0.6 is 0 Å². The summed E-state index contributed by atoms with van der Waals surface area (Å²) in [4.78, 5) is 0. The van der Waals surface area contributed by atoms with Crippen molar-refractivity contribution in [1.82, 2.24) is 9.78 Å². The molecule has 3 N–H and O–H groups in total. The highest BCUT2D eigenvalue weighted by Crippen LogP contribution is 2.39. The van der Waals surface area contributed by atoms with Gasteiger partial charge in [0.1, 0.15) is 5.82 Å². The van der Waals surface area contributed by atoms with Crippen molar-refractivity contribution in [3.63, 3.8) is 0 Å². The molecule has 102 valence electrons. The molecule has 0 aliphatic heterocycles. The minimum Gasteiger partial charge on any atom is -0.394 e. The Kier molecular flexibility index (Phi) is 3.30. The van der Waals surface area contributed by atoms with E-state index in [2.05, 4.69) is 38.1 Å². The van der Waals surface area contributed by atoms with Gasteiger partial charge in [-0.15, -0.1) is 0 Å². The van der Waals surface area contributed by atoms with E-state index in [9.17, 15) is 0 Å². The van der Waals surface area contributed by atoms with E-state index < -0.39 is 0 Å². The Morgan fingerprint density at radius 3 is 2.61 bits per heavy atom. The van der Waals surface area contributed by atoms with Crippen molar-refractivity contribution < 1.29 is 0 Å². The van der Waals surface area contributed by atoms with E-state index >= 15 is 0 Å². The second-order valence-electron chi connectivity index (χ2n) is 6.63. The number of aromatic nitrogens is 2. The maximum atomic E-state index is 6.14. The Hall–Kier alpha value is -1.19. The van der Waals surface area contributed by atoms with Crippen molar-refractivity contribution in [2.45, 2.75) is 66.0 Å². The summed E-state index contributed by atoms with van der Waals surface area (Å²) in [5, 5.41) is 8.13. The number of nitrogens with two attached hydrogens (primary N) is 1. The van der Waals surface area contributed by atoms with Gasteiger partial charge < -0.3 is 11.1 Å². The van der Waals surface area contributed by atoms with E-state index in [1.165, 1.54) is 19.3 Å². The average Bonchev–Trinajstić information content (AvgIpc) is 2.73. The zero-order valence-electron chi connectivity index (χ0n) is 12.2. The molecule has 1 atom stereocenters. The minimum absolute atomic E-state index is 0.331. The molecule has 0 saturated heterocycles. The lowest BCUT2D eigenvalue weighted by Gasteiger charge is -2.20. The van der Waals surface area contributed by atoms with E-state index in [0.29, 0.717) is 17.5 Å². The fourth-order valence-corrected chi connectivity index (χ4v) is 2.83.